The van der Waals surface area contributed by atoms with E-state index in [1.807, 2.05) is 30.3 Å². The first kappa shape index (κ1) is 21.1. The summed E-state index contributed by atoms with van der Waals surface area (Å²) in [4.78, 5) is 19.7. The van der Waals surface area contributed by atoms with Crippen molar-refractivity contribution in [1.29, 1.82) is 0 Å². The van der Waals surface area contributed by atoms with E-state index in [0.717, 1.165) is 22.5 Å². The van der Waals surface area contributed by atoms with Crippen molar-refractivity contribution >= 4 is 28.6 Å². The first-order valence-electron chi connectivity index (χ1n) is 11.1. The number of imidazole rings is 1. The average Bonchev–Trinajstić information content (AvgIpc) is 3.17. The lowest BCUT2D eigenvalue weighted by molar-refractivity contribution is -0.120. The Morgan fingerprint density at radius 2 is 1.67 bits per heavy atom. The number of anilines is 2. The zero-order valence-corrected chi connectivity index (χ0v) is 18.0. The van der Waals surface area contributed by atoms with E-state index < -0.39 is 0 Å². The average molecular weight is 447 g/mol. The number of carbonyl (C=O) groups excluding carboxylic acids is 1. The van der Waals surface area contributed by atoms with Gasteiger partial charge in [0.1, 0.15) is 11.6 Å². The van der Waals surface area contributed by atoms with E-state index in [1.165, 1.54) is 18.2 Å². The van der Waals surface area contributed by atoms with Gasteiger partial charge in [-0.25, -0.2) is 13.8 Å². The van der Waals surface area contributed by atoms with Crippen molar-refractivity contribution in [3.8, 4) is 0 Å². The van der Waals surface area contributed by atoms with Gasteiger partial charge >= 0.3 is 0 Å². The van der Waals surface area contributed by atoms with Crippen molar-refractivity contribution in [3.63, 3.8) is 0 Å². The topological polar surface area (TPSA) is 50.2 Å². The highest BCUT2D eigenvalue weighted by Crippen LogP contribution is 2.28. The molecule has 0 atom stereocenters. The zero-order chi connectivity index (χ0) is 22.8. The molecule has 0 saturated carbocycles. The number of aromatic nitrogens is 2. The SMILES string of the molecule is O=C(Nc1cccc(F)c1)C1CCN(c2nc3ccccc3n2Cc2cccc(F)c2)CC1. The number of nitrogens with zero attached hydrogens (tertiary/aromatic N) is 3. The molecule has 4 aromatic rings. The summed E-state index contributed by atoms with van der Waals surface area (Å²) < 4.78 is 29.3. The van der Waals surface area contributed by atoms with Gasteiger partial charge < -0.3 is 14.8 Å². The minimum atomic E-state index is -0.375. The lowest BCUT2D eigenvalue weighted by Crippen LogP contribution is -2.39. The molecule has 0 unspecified atom stereocenters. The minimum absolute atomic E-state index is 0.0893. The maximum Gasteiger partial charge on any atom is 0.227 e. The fourth-order valence-corrected chi connectivity index (χ4v) is 4.43. The Balaban J connectivity index is 1.33. The van der Waals surface area contributed by atoms with Gasteiger partial charge in [-0.15, -0.1) is 0 Å². The number of nitrogens with one attached hydrogen (secondary N) is 1. The quantitative estimate of drug-likeness (QED) is 0.457. The molecular formula is C26H24F2N4O. The molecule has 5 nitrogen and oxygen atoms in total. The third-order valence-electron chi connectivity index (χ3n) is 6.10. The summed E-state index contributed by atoms with van der Waals surface area (Å²) >= 11 is 0. The maximum atomic E-state index is 13.8. The van der Waals surface area contributed by atoms with E-state index in [2.05, 4.69) is 14.8 Å². The standard InChI is InChI=1S/C26H24F2N4O/c27-20-6-3-5-18(15-20)17-32-24-10-2-1-9-23(24)30-26(32)31-13-11-19(12-14-31)25(33)29-22-8-4-7-21(28)16-22/h1-10,15-16,19H,11-14,17H2,(H,29,33). The molecule has 168 valence electrons. The number of rotatable bonds is 5. The van der Waals surface area contributed by atoms with Crippen LogP contribution in [0.2, 0.25) is 0 Å². The molecule has 1 aliphatic heterocycles. The Morgan fingerprint density at radius 3 is 2.42 bits per heavy atom. The monoisotopic (exact) mass is 446 g/mol. The van der Waals surface area contributed by atoms with Gasteiger partial charge in [-0.1, -0.05) is 30.3 Å². The predicted molar refractivity (Wildman–Crippen MR) is 125 cm³/mol. The third kappa shape index (κ3) is 4.58. The van der Waals surface area contributed by atoms with E-state index in [1.54, 1.807) is 24.3 Å². The lowest BCUT2D eigenvalue weighted by Gasteiger charge is -2.32. The number of fused-ring (bicyclic) bond motifs is 1. The molecule has 7 heteroatoms. The first-order valence-corrected chi connectivity index (χ1v) is 11.1. The van der Waals surface area contributed by atoms with Crippen molar-refractivity contribution in [2.75, 3.05) is 23.3 Å². The second-order valence-corrected chi connectivity index (χ2v) is 8.38. The summed E-state index contributed by atoms with van der Waals surface area (Å²) in [6.07, 6.45) is 1.34. The van der Waals surface area contributed by atoms with Crippen LogP contribution in [0, 0.1) is 17.6 Å². The normalized spacial score (nSPS) is 14.5. The summed E-state index contributed by atoms with van der Waals surface area (Å²) in [7, 11) is 0. The molecule has 0 radical (unpaired) electrons. The number of carbonyl (C=O) groups is 1. The van der Waals surface area contributed by atoms with E-state index in [9.17, 15) is 13.6 Å². The van der Waals surface area contributed by atoms with Gasteiger partial charge in [0.25, 0.3) is 0 Å². The molecule has 3 aromatic carbocycles. The summed E-state index contributed by atoms with van der Waals surface area (Å²) in [5.74, 6) is -0.0491. The molecule has 5 rings (SSSR count). The number of amides is 1. The highest BCUT2D eigenvalue weighted by molar-refractivity contribution is 5.92. The number of halogens is 2. The summed E-state index contributed by atoms with van der Waals surface area (Å²) in [5.41, 5.74) is 3.21. The van der Waals surface area contributed by atoms with Gasteiger partial charge in [-0.05, 0) is 60.9 Å². The molecule has 0 aliphatic carbocycles. The van der Waals surface area contributed by atoms with Crippen molar-refractivity contribution in [2.24, 2.45) is 5.92 Å². The molecule has 0 spiro atoms. The van der Waals surface area contributed by atoms with E-state index in [4.69, 9.17) is 4.98 Å². The smallest absolute Gasteiger partial charge is 0.227 e. The van der Waals surface area contributed by atoms with Crippen LogP contribution in [0.3, 0.4) is 0 Å². The van der Waals surface area contributed by atoms with E-state index in [-0.39, 0.29) is 23.5 Å². The molecule has 1 saturated heterocycles. The van der Waals surface area contributed by atoms with Gasteiger partial charge in [0.05, 0.1) is 17.6 Å². The second-order valence-electron chi connectivity index (χ2n) is 8.38. The van der Waals surface area contributed by atoms with Crippen LogP contribution in [-0.4, -0.2) is 28.5 Å². The number of hydrogen-bond donors (Lipinski definition) is 1. The van der Waals surface area contributed by atoms with Crippen molar-refractivity contribution < 1.29 is 13.6 Å². The molecular weight excluding hydrogens is 422 g/mol. The molecule has 1 N–H and O–H groups in total. The van der Waals surface area contributed by atoms with E-state index in [0.29, 0.717) is 38.2 Å². The largest absolute Gasteiger partial charge is 0.342 e. The Hall–Kier alpha value is -3.74. The Bertz CT molecular complexity index is 1290. The van der Waals surface area contributed by atoms with Crippen molar-refractivity contribution in [3.05, 3.63) is 90.0 Å². The number of piperidine rings is 1. The summed E-state index contributed by atoms with van der Waals surface area (Å²) in [5, 5.41) is 2.82. The van der Waals surface area contributed by atoms with Gasteiger partial charge in [-0.3, -0.25) is 4.79 Å². The fraction of sp³-hybridized carbons (Fsp3) is 0.231. The van der Waals surface area contributed by atoms with Crippen LogP contribution in [0.15, 0.2) is 72.8 Å². The summed E-state index contributed by atoms with van der Waals surface area (Å²) in [6, 6.07) is 20.5. The van der Waals surface area contributed by atoms with Crippen LogP contribution in [0.4, 0.5) is 20.4 Å². The Kier molecular flexibility index (Phi) is 5.77. The lowest BCUT2D eigenvalue weighted by atomic mass is 9.96. The van der Waals surface area contributed by atoms with Crippen molar-refractivity contribution in [1.82, 2.24) is 9.55 Å². The highest BCUT2D eigenvalue weighted by Gasteiger charge is 2.28. The Labute approximate surface area is 190 Å². The second kappa shape index (κ2) is 9.02. The summed E-state index contributed by atoms with van der Waals surface area (Å²) in [6.45, 7) is 1.86. The van der Waals surface area contributed by atoms with Gasteiger partial charge in [0, 0.05) is 24.7 Å². The highest BCUT2D eigenvalue weighted by atomic mass is 19.1. The maximum absolute atomic E-state index is 13.8. The minimum Gasteiger partial charge on any atom is -0.342 e. The molecule has 1 aliphatic rings. The predicted octanol–water partition coefficient (Wildman–Crippen LogP) is 5.22. The van der Waals surface area contributed by atoms with Gasteiger partial charge in [0.15, 0.2) is 0 Å². The molecule has 1 aromatic heterocycles. The zero-order valence-electron chi connectivity index (χ0n) is 18.0. The van der Waals surface area contributed by atoms with Crippen LogP contribution < -0.4 is 10.2 Å². The van der Waals surface area contributed by atoms with Crippen LogP contribution in [0.25, 0.3) is 11.0 Å². The molecule has 0 bridgehead atoms. The fourth-order valence-electron chi connectivity index (χ4n) is 4.43. The molecule has 33 heavy (non-hydrogen) atoms. The Morgan fingerprint density at radius 1 is 0.939 bits per heavy atom. The van der Waals surface area contributed by atoms with Crippen LogP contribution in [0.5, 0.6) is 0 Å². The molecule has 2 heterocycles. The van der Waals surface area contributed by atoms with Crippen LogP contribution in [-0.2, 0) is 11.3 Å². The molecule has 1 amide bonds. The van der Waals surface area contributed by atoms with Crippen LogP contribution in [0.1, 0.15) is 18.4 Å². The number of para-hydroxylation sites is 2. The van der Waals surface area contributed by atoms with E-state index >= 15 is 0 Å². The third-order valence-corrected chi connectivity index (χ3v) is 6.10. The number of benzene rings is 3. The van der Waals surface area contributed by atoms with Crippen molar-refractivity contribution in [2.45, 2.75) is 19.4 Å². The first-order chi connectivity index (χ1) is 16.1. The van der Waals surface area contributed by atoms with Gasteiger partial charge in [0.2, 0.25) is 11.9 Å². The van der Waals surface area contributed by atoms with Gasteiger partial charge in [-0.2, -0.15) is 0 Å². The molecule has 1 fully saturated rings. The van der Waals surface area contributed by atoms with Crippen LogP contribution >= 0.6 is 0 Å². The number of hydrogen-bond acceptors (Lipinski definition) is 3.